The minimum absolute atomic E-state index is 0.138. The average molecular weight is 369 g/mol. The van der Waals surface area contributed by atoms with E-state index in [2.05, 4.69) is 27.0 Å². The maximum atomic E-state index is 11.9. The fourth-order valence-electron chi connectivity index (χ4n) is 7.48. The van der Waals surface area contributed by atoms with Gasteiger partial charge in [0.25, 0.3) is 0 Å². The van der Waals surface area contributed by atoms with Gasteiger partial charge >= 0.3 is 5.97 Å². The second kappa shape index (κ2) is 6.18. The van der Waals surface area contributed by atoms with Crippen molar-refractivity contribution in [3.05, 3.63) is 36.0 Å². The summed E-state index contributed by atoms with van der Waals surface area (Å²) in [7, 11) is 0. The summed E-state index contributed by atoms with van der Waals surface area (Å²) in [5.74, 6) is 1.60. The van der Waals surface area contributed by atoms with Gasteiger partial charge in [0.1, 0.15) is 0 Å². The van der Waals surface area contributed by atoms with Gasteiger partial charge in [-0.15, -0.1) is 0 Å². The molecule has 4 aliphatic rings. The summed E-state index contributed by atoms with van der Waals surface area (Å²) in [5.41, 5.74) is 2.67. The van der Waals surface area contributed by atoms with Crippen molar-refractivity contribution in [3.8, 4) is 0 Å². The molecular formula is C24H32O3. The summed E-state index contributed by atoms with van der Waals surface area (Å²) < 4.78 is 0. The van der Waals surface area contributed by atoms with E-state index >= 15 is 0 Å². The zero-order chi connectivity index (χ0) is 19.6. The molecule has 0 bridgehead atoms. The van der Waals surface area contributed by atoms with Crippen LogP contribution in [0.1, 0.15) is 65.2 Å². The molecule has 0 unspecified atom stereocenters. The largest absolute Gasteiger partial charge is 0.478 e. The van der Waals surface area contributed by atoms with Crippen LogP contribution in [0, 0.1) is 34.5 Å². The van der Waals surface area contributed by atoms with E-state index in [9.17, 15) is 14.7 Å². The highest BCUT2D eigenvalue weighted by Gasteiger charge is 2.59. The Morgan fingerprint density at radius 3 is 2.52 bits per heavy atom. The van der Waals surface area contributed by atoms with Crippen LogP contribution in [0.5, 0.6) is 0 Å². The van der Waals surface area contributed by atoms with Gasteiger partial charge in [0.2, 0.25) is 0 Å². The number of carboxylic acids is 1. The van der Waals surface area contributed by atoms with Gasteiger partial charge in [-0.2, -0.15) is 0 Å². The summed E-state index contributed by atoms with van der Waals surface area (Å²) >= 11 is 0. The first-order valence-corrected chi connectivity index (χ1v) is 10.5. The first-order valence-electron chi connectivity index (χ1n) is 10.5. The third-order valence-corrected chi connectivity index (χ3v) is 9.03. The lowest BCUT2D eigenvalue weighted by Gasteiger charge is -2.58. The Kier molecular flexibility index (Phi) is 4.29. The van der Waals surface area contributed by atoms with E-state index < -0.39 is 5.97 Å². The van der Waals surface area contributed by atoms with Crippen molar-refractivity contribution in [1.82, 2.24) is 0 Å². The molecular weight excluding hydrogens is 336 g/mol. The van der Waals surface area contributed by atoms with Gasteiger partial charge in [0, 0.05) is 6.42 Å². The highest BCUT2D eigenvalue weighted by Crippen LogP contribution is 2.67. The summed E-state index contributed by atoms with van der Waals surface area (Å²) in [5, 5.41) is 9.37. The van der Waals surface area contributed by atoms with Crippen LogP contribution in [-0.4, -0.2) is 16.9 Å². The van der Waals surface area contributed by atoms with Crippen molar-refractivity contribution in [2.24, 2.45) is 34.5 Å². The number of allylic oxidation sites excluding steroid dienone is 1. The number of hydrogen-bond acceptors (Lipinski definition) is 2. The summed E-state index contributed by atoms with van der Waals surface area (Å²) in [6.45, 7) is 12.7. The number of rotatable bonds is 3. The van der Waals surface area contributed by atoms with E-state index in [1.807, 2.05) is 6.08 Å². The minimum Gasteiger partial charge on any atom is -0.478 e. The number of fused-ring (bicyclic) bond motifs is 5. The number of hydrogen-bond donors (Lipinski definition) is 1. The van der Waals surface area contributed by atoms with Gasteiger partial charge in [0.05, 0.1) is 5.57 Å². The number of ketones is 1. The fraction of sp³-hybridized carbons (Fsp3) is 0.667. The van der Waals surface area contributed by atoms with Crippen LogP contribution in [0.4, 0.5) is 0 Å². The van der Waals surface area contributed by atoms with Crippen LogP contribution in [0.3, 0.4) is 0 Å². The van der Waals surface area contributed by atoms with Crippen LogP contribution >= 0.6 is 0 Å². The SMILES string of the molecule is C=C(C(=C)[C@@H]1CC[C@H]2[C@@H]3CCC4=CC(=O)CC[C@]4(C)[C@H]3CC[C@]12C)C(=O)O. The summed E-state index contributed by atoms with van der Waals surface area (Å²) in [6.07, 6.45) is 10.4. The Hall–Kier alpha value is -1.64. The number of carbonyl (C=O) groups excluding carboxylic acids is 1. The molecule has 0 aromatic rings. The normalized spacial score (nSPS) is 43.2. The molecule has 3 heteroatoms. The third kappa shape index (κ3) is 2.61. The molecule has 3 saturated carbocycles. The number of carbonyl (C=O) groups is 2. The van der Waals surface area contributed by atoms with E-state index in [4.69, 9.17) is 0 Å². The lowest BCUT2D eigenvalue weighted by Crippen LogP contribution is -2.50. The maximum absolute atomic E-state index is 11.9. The molecule has 4 rings (SSSR count). The highest BCUT2D eigenvalue weighted by atomic mass is 16.4. The Morgan fingerprint density at radius 2 is 1.81 bits per heavy atom. The average Bonchev–Trinajstić information content (AvgIpc) is 2.98. The van der Waals surface area contributed by atoms with Crippen molar-refractivity contribution in [2.75, 3.05) is 0 Å². The monoisotopic (exact) mass is 368 g/mol. The van der Waals surface area contributed by atoms with Crippen molar-refractivity contribution in [1.29, 1.82) is 0 Å². The Balaban J connectivity index is 1.62. The van der Waals surface area contributed by atoms with Gasteiger partial charge < -0.3 is 5.11 Å². The molecule has 3 fully saturated rings. The van der Waals surface area contributed by atoms with Crippen LogP contribution in [0.15, 0.2) is 36.0 Å². The zero-order valence-corrected chi connectivity index (χ0v) is 16.7. The molecule has 0 aromatic carbocycles. The maximum Gasteiger partial charge on any atom is 0.335 e. The number of carboxylic acid groups (broad SMARTS) is 1. The predicted octanol–water partition coefficient (Wildman–Crippen LogP) is 5.33. The number of aliphatic carboxylic acids is 1. The molecule has 0 aliphatic heterocycles. The molecule has 27 heavy (non-hydrogen) atoms. The summed E-state index contributed by atoms with van der Waals surface area (Å²) in [6, 6.07) is 0. The van der Waals surface area contributed by atoms with Gasteiger partial charge in [-0.25, -0.2) is 4.79 Å². The minimum atomic E-state index is -0.937. The van der Waals surface area contributed by atoms with E-state index in [-0.39, 0.29) is 22.3 Å². The van der Waals surface area contributed by atoms with Crippen LogP contribution in [-0.2, 0) is 9.59 Å². The Bertz CT molecular complexity index is 760. The van der Waals surface area contributed by atoms with Gasteiger partial charge in [0.15, 0.2) is 5.78 Å². The quantitative estimate of drug-likeness (QED) is 0.541. The summed E-state index contributed by atoms with van der Waals surface area (Å²) in [4.78, 5) is 23.4. The highest BCUT2D eigenvalue weighted by molar-refractivity contribution is 5.92. The zero-order valence-electron chi connectivity index (χ0n) is 16.7. The molecule has 0 spiro atoms. The predicted molar refractivity (Wildman–Crippen MR) is 106 cm³/mol. The van der Waals surface area contributed by atoms with Crippen molar-refractivity contribution < 1.29 is 14.7 Å². The Morgan fingerprint density at radius 1 is 1.07 bits per heavy atom. The van der Waals surface area contributed by atoms with Crippen molar-refractivity contribution >= 4 is 11.8 Å². The first kappa shape index (κ1) is 18.7. The third-order valence-electron chi connectivity index (χ3n) is 9.03. The van der Waals surface area contributed by atoms with E-state index in [1.54, 1.807) is 0 Å². The molecule has 6 atom stereocenters. The second-order valence-corrected chi connectivity index (χ2v) is 9.95. The van der Waals surface area contributed by atoms with Gasteiger partial charge in [-0.3, -0.25) is 4.79 Å². The molecule has 146 valence electrons. The smallest absolute Gasteiger partial charge is 0.335 e. The molecule has 3 nitrogen and oxygen atoms in total. The molecule has 0 radical (unpaired) electrons. The van der Waals surface area contributed by atoms with Gasteiger partial charge in [-0.05, 0) is 91.1 Å². The van der Waals surface area contributed by atoms with E-state index in [0.717, 1.165) is 31.3 Å². The molecule has 4 aliphatic carbocycles. The molecule has 0 aromatic heterocycles. The standard InChI is InChI=1S/C24H32O3/c1-14(15(2)22(26)27)19-7-8-20-18-6-5-16-13-17(25)9-11-23(16,3)21(18)10-12-24(19,20)4/h13,18-21H,1-2,5-12H2,3-4H3,(H,26,27)/t18-,19-,20-,21-,23-,24+/m0/s1. The topological polar surface area (TPSA) is 54.4 Å². The lowest BCUT2D eigenvalue weighted by molar-refractivity contribution is -0.132. The molecule has 0 heterocycles. The molecule has 1 N–H and O–H groups in total. The van der Waals surface area contributed by atoms with Crippen molar-refractivity contribution in [3.63, 3.8) is 0 Å². The van der Waals surface area contributed by atoms with Gasteiger partial charge in [-0.1, -0.05) is 32.6 Å². The van der Waals surface area contributed by atoms with Crippen LogP contribution < -0.4 is 0 Å². The van der Waals surface area contributed by atoms with E-state index in [1.165, 1.54) is 24.8 Å². The fourth-order valence-corrected chi connectivity index (χ4v) is 7.48. The molecule has 0 amide bonds. The lowest BCUT2D eigenvalue weighted by atomic mass is 9.46. The Labute approximate surface area is 162 Å². The van der Waals surface area contributed by atoms with Crippen molar-refractivity contribution in [2.45, 2.75) is 65.2 Å². The first-order chi connectivity index (χ1) is 12.7. The second-order valence-electron chi connectivity index (χ2n) is 9.95. The van der Waals surface area contributed by atoms with Crippen LogP contribution in [0.2, 0.25) is 0 Å². The van der Waals surface area contributed by atoms with E-state index in [0.29, 0.717) is 30.0 Å². The van der Waals surface area contributed by atoms with Crippen LogP contribution in [0.25, 0.3) is 0 Å². The molecule has 0 saturated heterocycles.